The van der Waals surface area contributed by atoms with E-state index in [4.69, 9.17) is 15.0 Å². The maximum Gasteiger partial charge on any atom is 0.0972 e. The minimum absolute atomic E-state index is 0.620. The standard InChI is InChI=1S/C44H27N3/c1-3-14-33(15-4-1)44(34-16-5-2-6-17-34)37-27-36(31-21-19-28-11-7-8-12-30(28)25-31)35-18-10-24-46-42(35)39(37)43-38(44)26-32-22-20-29-13-9-23-45-40(29)41(32)47-43/h1-27H. The molecule has 0 saturated heterocycles. The first-order valence-electron chi connectivity index (χ1n) is 16.0. The monoisotopic (exact) mass is 597 g/mol. The van der Waals surface area contributed by atoms with Crippen molar-refractivity contribution in [2.75, 3.05) is 0 Å². The lowest BCUT2D eigenvalue weighted by atomic mass is 9.67. The van der Waals surface area contributed by atoms with Gasteiger partial charge >= 0.3 is 0 Å². The van der Waals surface area contributed by atoms with Gasteiger partial charge in [-0.25, -0.2) is 4.98 Å². The van der Waals surface area contributed by atoms with Gasteiger partial charge in [-0.3, -0.25) is 9.97 Å². The molecule has 0 radical (unpaired) electrons. The highest BCUT2D eigenvalue weighted by molar-refractivity contribution is 6.11. The minimum Gasteiger partial charge on any atom is -0.256 e. The number of pyridine rings is 3. The molecule has 0 fully saturated rings. The molecule has 3 heteroatoms. The SMILES string of the molecule is c1ccc(C2(c3ccccc3)c3cc4ccc5cccnc5c4nc3-c3c2cc(-c2ccc4ccccc4c2)c2cccnc32)cc1. The van der Waals surface area contributed by atoms with E-state index in [1.807, 2.05) is 24.5 Å². The third-order valence-electron chi connectivity index (χ3n) is 9.97. The lowest BCUT2D eigenvalue weighted by molar-refractivity contribution is 0.769. The van der Waals surface area contributed by atoms with Gasteiger partial charge in [0.15, 0.2) is 0 Å². The summed E-state index contributed by atoms with van der Waals surface area (Å²) in [6, 6.07) is 54.6. The summed E-state index contributed by atoms with van der Waals surface area (Å²) < 4.78 is 0. The van der Waals surface area contributed by atoms with Crippen molar-refractivity contribution >= 4 is 43.5 Å². The third kappa shape index (κ3) is 3.65. The lowest BCUT2D eigenvalue weighted by Gasteiger charge is -2.34. The molecule has 0 saturated carbocycles. The molecule has 9 aromatic rings. The summed E-state index contributed by atoms with van der Waals surface area (Å²) in [4.78, 5) is 15.5. The Morgan fingerprint density at radius 3 is 1.85 bits per heavy atom. The van der Waals surface area contributed by atoms with Crippen LogP contribution in [0.25, 0.3) is 65.9 Å². The molecule has 0 amide bonds. The van der Waals surface area contributed by atoms with Crippen molar-refractivity contribution in [2.45, 2.75) is 5.41 Å². The zero-order valence-electron chi connectivity index (χ0n) is 25.4. The van der Waals surface area contributed by atoms with Gasteiger partial charge in [-0.05, 0) is 74.5 Å². The predicted octanol–water partition coefficient (Wildman–Crippen LogP) is 10.5. The highest BCUT2D eigenvalue weighted by Crippen LogP contribution is 2.58. The second-order valence-corrected chi connectivity index (χ2v) is 12.4. The molecule has 0 aliphatic heterocycles. The van der Waals surface area contributed by atoms with E-state index in [-0.39, 0.29) is 0 Å². The Morgan fingerprint density at radius 2 is 1.06 bits per heavy atom. The fraction of sp³-hybridized carbons (Fsp3) is 0.0227. The summed E-state index contributed by atoms with van der Waals surface area (Å²) >= 11 is 0. The van der Waals surface area contributed by atoms with Crippen molar-refractivity contribution in [3.8, 4) is 22.4 Å². The second kappa shape index (κ2) is 9.90. The summed E-state index contributed by atoms with van der Waals surface area (Å²) in [6.07, 6.45) is 3.77. The molecule has 0 N–H and O–H groups in total. The summed E-state index contributed by atoms with van der Waals surface area (Å²) in [5, 5.41) is 5.72. The molecular formula is C44H27N3. The van der Waals surface area contributed by atoms with Crippen LogP contribution in [-0.2, 0) is 5.41 Å². The largest absolute Gasteiger partial charge is 0.256 e. The van der Waals surface area contributed by atoms with Gasteiger partial charge in [-0.2, -0.15) is 0 Å². The van der Waals surface area contributed by atoms with E-state index in [2.05, 4.69) is 140 Å². The third-order valence-corrected chi connectivity index (χ3v) is 9.97. The van der Waals surface area contributed by atoms with Gasteiger partial charge in [0.2, 0.25) is 0 Å². The fourth-order valence-corrected chi connectivity index (χ4v) is 7.94. The molecule has 47 heavy (non-hydrogen) atoms. The number of aromatic nitrogens is 3. The fourth-order valence-electron chi connectivity index (χ4n) is 7.94. The number of hydrogen-bond acceptors (Lipinski definition) is 3. The highest BCUT2D eigenvalue weighted by atomic mass is 14.8. The predicted molar refractivity (Wildman–Crippen MR) is 193 cm³/mol. The van der Waals surface area contributed by atoms with E-state index in [1.54, 1.807) is 0 Å². The second-order valence-electron chi connectivity index (χ2n) is 12.4. The number of nitrogens with zero attached hydrogens (tertiary/aromatic N) is 3. The van der Waals surface area contributed by atoms with Gasteiger partial charge in [0.05, 0.1) is 27.7 Å². The Labute approximate surface area is 271 Å². The molecule has 3 nitrogen and oxygen atoms in total. The highest BCUT2D eigenvalue weighted by Gasteiger charge is 2.48. The van der Waals surface area contributed by atoms with Crippen LogP contribution in [0.3, 0.4) is 0 Å². The van der Waals surface area contributed by atoms with Crippen LogP contribution in [0.4, 0.5) is 0 Å². The number of fused-ring (bicyclic) bond motifs is 9. The van der Waals surface area contributed by atoms with Gasteiger partial charge in [0, 0.05) is 34.1 Å². The van der Waals surface area contributed by atoms with Crippen LogP contribution < -0.4 is 0 Å². The summed E-state index contributed by atoms with van der Waals surface area (Å²) in [7, 11) is 0. The Balaban J connectivity index is 1.41. The summed E-state index contributed by atoms with van der Waals surface area (Å²) in [5.74, 6) is 0. The van der Waals surface area contributed by atoms with E-state index in [1.165, 1.54) is 38.6 Å². The molecule has 0 unspecified atom stereocenters. The molecular weight excluding hydrogens is 571 g/mol. The van der Waals surface area contributed by atoms with E-state index >= 15 is 0 Å². The van der Waals surface area contributed by atoms with Crippen molar-refractivity contribution in [2.24, 2.45) is 0 Å². The molecule has 0 atom stereocenters. The van der Waals surface area contributed by atoms with Crippen LogP contribution in [0.2, 0.25) is 0 Å². The number of benzene rings is 6. The average molecular weight is 598 g/mol. The number of hydrogen-bond donors (Lipinski definition) is 0. The van der Waals surface area contributed by atoms with E-state index in [9.17, 15) is 0 Å². The molecule has 10 rings (SSSR count). The maximum absolute atomic E-state index is 5.56. The average Bonchev–Trinajstić information content (AvgIpc) is 3.44. The zero-order valence-corrected chi connectivity index (χ0v) is 25.4. The van der Waals surface area contributed by atoms with E-state index < -0.39 is 5.41 Å². The zero-order chi connectivity index (χ0) is 31.0. The lowest BCUT2D eigenvalue weighted by Crippen LogP contribution is -2.28. The van der Waals surface area contributed by atoms with E-state index in [0.717, 1.165) is 49.5 Å². The molecule has 0 spiro atoms. The van der Waals surface area contributed by atoms with Crippen LogP contribution in [0, 0.1) is 0 Å². The molecule has 218 valence electrons. The van der Waals surface area contributed by atoms with E-state index in [0.29, 0.717) is 0 Å². The van der Waals surface area contributed by atoms with Gasteiger partial charge < -0.3 is 0 Å². The molecule has 3 aromatic heterocycles. The quantitative estimate of drug-likeness (QED) is 0.190. The van der Waals surface area contributed by atoms with Gasteiger partial charge in [-0.1, -0.05) is 121 Å². The van der Waals surface area contributed by atoms with Crippen LogP contribution >= 0.6 is 0 Å². The Morgan fingerprint density at radius 1 is 0.426 bits per heavy atom. The maximum atomic E-state index is 5.56. The van der Waals surface area contributed by atoms with Crippen LogP contribution in [0.1, 0.15) is 22.3 Å². The van der Waals surface area contributed by atoms with Crippen LogP contribution in [-0.4, -0.2) is 15.0 Å². The first-order valence-corrected chi connectivity index (χ1v) is 16.0. The van der Waals surface area contributed by atoms with Gasteiger partial charge in [-0.15, -0.1) is 0 Å². The Kier molecular flexibility index (Phi) is 5.49. The minimum atomic E-state index is -0.620. The van der Waals surface area contributed by atoms with Crippen molar-refractivity contribution in [1.82, 2.24) is 15.0 Å². The van der Waals surface area contributed by atoms with Crippen molar-refractivity contribution in [3.05, 3.63) is 186 Å². The Hall–Kier alpha value is -6.19. The molecule has 3 heterocycles. The summed E-state index contributed by atoms with van der Waals surface area (Å²) in [5.41, 5.74) is 11.3. The van der Waals surface area contributed by atoms with Gasteiger partial charge in [0.25, 0.3) is 0 Å². The van der Waals surface area contributed by atoms with Gasteiger partial charge in [0.1, 0.15) is 0 Å². The molecule has 0 bridgehead atoms. The topological polar surface area (TPSA) is 38.7 Å². The molecule has 1 aliphatic rings. The Bertz CT molecular complexity index is 2640. The van der Waals surface area contributed by atoms with Crippen LogP contribution in [0.15, 0.2) is 164 Å². The smallest absolute Gasteiger partial charge is 0.0972 e. The molecule has 6 aromatic carbocycles. The van der Waals surface area contributed by atoms with Crippen molar-refractivity contribution in [1.29, 1.82) is 0 Å². The summed E-state index contributed by atoms with van der Waals surface area (Å²) in [6.45, 7) is 0. The number of rotatable bonds is 3. The van der Waals surface area contributed by atoms with Crippen molar-refractivity contribution in [3.63, 3.8) is 0 Å². The normalized spacial score (nSPS) is 13.3. The first-order chi connectivity index (χ1) is 23.3. The molecule has 1 aliphatic carbocycles. The van der Waals surface area contributed by atoms with Crippen molar-refractivity contribution < 1.29 is 0 Å². The van der Waals surface area contributed by atoms with Crippen LogP contribution in [0.5, 0.6) is 0 Å². The first kappa shape index (κ1) is 26.1.